The third kappa shape index (κ3) is 9.89. The first-order chi connectivity index (χ1) is 23.2. The van der Waals surface area contributed by atoms with Crippen molar-refractivity contribution < 1.29 is 31.4 Å². The van der Waals surface area contributed by atoms with E-state index in [0.29, 0.717) is 31.5 Å². The smallest absolute Gasteiger partial charge is 0.385 e. The van der Waals surface area contributed by atoms with Crippen LogP contribution < -0.4 is 0 Å². The maximum absolute atomic E-state index is 13.1. The largest absolute Gasteiger partial charge is 0.417 e. The Morgan fingerprint density at radius 2 is 1.14 bits per heavy atom. The van der Waals surface area contributed by atoms with Gasteiger partial charge in [-0.05, 0) is 71.4 Å². The van der Waals surface area contributed by atoms with Crippen LogP contribution >= 0.6 is 23.2 Å². The summed E-state index contributed by atoms with van der Waals surface area (Å²) in [6.07, 6.45) is -5.45. The molecule has 1 N–H and O–H groups in total. The number of likely N-dealkylation sites (tertiary alicyclic amines) is 1. The average molecular weight is 722 g/mol. The van der Waals surface area contributed by atoms with Crippen LogP contribution in [0.4, 0.5) is 26.3 Å². The second kappa shape index (κ2) is 15.7. The Labute approximate surface area is 292 Å². The minimum atomic E-state index is -4.53. The highest BCUT2D eigenvalue weighted by Crippen LogP contribution is 2.40. The SMILES string of the molecule is FC(F)(F)c1cc(C2=CCN(Cc3ccccc3)CC2)ccc1Cl.OC1(c2ccc(Cl)c(C(F)(F)F)c2)CCN(Cc2ccccc2)CC1. The lowest BCUT2D eigenvalue weighted by molar-refractivity contribution is -0.138. The third-order valence-electron chi connectivity index (χ3n) is 8.93. The summed E-state index contributed by atoms with van der Waals surface area (Å²) in [5.41, 5.74) is 1.33. The number of nitrogens with zero attached hydrogens (tertiary/aromatic N) is 2. The molecule has 0 saturated carbocycles. The normalized spacial score (nSPS) is 17.2. The van der Waals surface area contributed by atoms with Gasteiger partial charge in [0.2, 0.25) is 0 Å². The fourth-order valence-corrected chi connectivity index (χ4v) is 6.59. The van der Waals surface area contributed by atoms with E-state index in [1.165, 1.54) is 29.3 Å². The van der Waals surface area contributed by atoms with Crippen molar-refractivity contribution in [3.63, 3.8) is 0 Å². The van der Waals surface area contributed by atoms with E-state index in [2.05, 4.69) is 21.9 Å². The van der Waals surface area contributed by atoms with E-state index in [4.69, 9.17) is 23.2 Å². The van der Waals surface area contributed by atoms with Gasteiger partial charge in [-0.2, -0.15) is 26.3 Å². The first-order valence-corrected chi connectivity index (χ1v) is 16.7. The minimum absolute atomic E-state index is 0.256. The van der Waals surface area contributed by atoms with Gasteiger partial charge in [0.1, 0.15) is 0 Å². The Morgan fingerprint density at radius 1 is 0.633 bits per heavy atom. The number of rotatable bonds is 6. The van der Waals surface area contributed by atoms with Gasteiger partial charge in [-0.1, -0.05) is 102 Å². The van der Waals surface area contributed by atoms with Crippen LogP contribution in [0.3, 0.4) is 0 Å². The zero-order valence-corrected chi connectivity index (χ0v) is 28.1. The van der Waals surface area contributed by atoms with Crippen molar-refractivity contribution in [3.05, 3.63) is 147 Å². The molecular formula is C38H36Cl2F6N2O. The van der Waals surface area contributed by atoms with Crippen LogP contribution in [-0.4, -0.2) is 41.1 Å². The van der Waals surface area contributed by atoms with Gasteiger partial charge in [0.25, 0.3) is 0 Å². The lowest BCUT2D eigenvalue weighted by Crippen LogP contribution is -2.42. The van der Waals surface area contributed by atoms with Crippen LogP contribution in [-0.2, 0) is 31.0 Å². The van der Waals surface area contributed by atoms with Crippen LogP contribution in [0.2, 0.25) is 10.0 Å². The van der Waals surface area contributed by atoms with Gasteiger partial charge in [-0.15, -0.1) is 0 Å². The number of halogens is 8. The molecule has 0 aliphatic carbocycles. The summed E-state index contributed by atoms with van der Waals surface area (Å²) in [5.74, 6) is 0. The van der Waals surface area contributed by atoms with Crippen molar-refractivity contribution >= 4 is 28.8 Å². The summed E-state index contributed by atoms with van der Waals surface area (Å²) in [6.45, 7) is 4.41. The lowest BCUT2D eigenvalue weighted by atomic mass is 9.83. The first-order valence-electron chi connectivity index (χ1n) is 15.9. The molecule has 0 aromatic heterocycles. The summed E-state index contributed by atoms with van der Waals surface area (Å²) in [5, 5.41) is 10.3. The van der Waals surface area contributed by atoms with Crippen LogP contribution in [0.25, 0.3) is 5.57 Å². The highest BCUT2D eigenvalue weighted by atomic mass is 35.5. The molecule has 0 bridgehead atoms. The maximum atomic E-state index is 13.1. The summed E-state index contributed by atoms with van der Waals surface area (Å²) in [4.78, 5) is 4.48. The number of piperidine rings is 1. The molecule has 4 aromatic rings. The van der Waals surface area contributed by atoms with E-state index in [0.717, 1.165) is 50.3 Å². The topological polar surface area (TPSA) is 26.7 Å². The number of benzene rings is 4. The molecule has 11 heteroatoms. The number of hydrogen-bond donors (Lipinski definition) is 1. The van der Waals surface area contributed by atoms with Gasteiger partial charge in [0.15, 0.2) is 0 Å². The summed E-state index contributed by atoms with van der Waals surface area (Å²) < 4.78 is 78.1. The molecule has 0 unspecified atom stereocenters. The van der Waals surface area contributed by atoms with Gasteiger partial charge < -0.3 is 5.11 Å². The molecule has 2 aliphatic rings. The predicted molar refractivity (Wildman–Crippen MR) is 182 cm³/mol. The number of hydrogen-bond acceptors (Lipinski definition) is 3. The van der Waals surface area contributed by atoms with Crippen molar-refractivity contribution in [3.8, 4) is 0 Å². The Hall–Kier alpha value is -3.34. The van der Waals surface area contributed by atoms with Crippen LogP contribution in [0.15, 0.2) is 103 Å². The van der Waals surface area contributed by atoms with E-state index >= 15 is 0 Å². The van der Waals surface area contributed by atoms with Crippen molar-refractivity contribution in [2.24, 2.45) is 0 Å². The van der Waals surface area contributed by atoms with E-state index in [9.17, 15) is 31.4 Å². The second-order valence-electron chi connectivity index (χ2n) is 12.4. The van der Waals surface area contributed by atoms with E-state index in [1.807, 2.05) is 54.6 Å². The molecular weight excluding hydrogens is 685 g/mol. The quantitative estimate of drug-likeness (QED) is 0.201. The molecule has 0 atom stereocenters. The molecule has 2 heterocycles. The standard InChI is InChI=1S/C19H19ClF3NO.C19H17ClF3N/c20-17-7-6-15(12-16(17)19(21,22)23)18(25)8-10-24(11-9-18)13-14-4-2-1-3-5-14;20-18-7-6-16(12-17(18)19(21,22)23)15-8-10-24(11-9-15)13-14-4-2-1-3-5-14/h1-7,12,25H,8-11,13H2;1-8,12H,9-11,13H2. The molecule has 260 valence electrons. The zero-order chi connectivity index (χ0) is 35.2. The molecule has 4 aromatic carbocycles. The first kappa shape index (κ1) is 36.9. The predicted octanol–water partition coefficient (Wildman–Crippen LogP) is 10.5. The summed E-state index contributed by atoms with van der Waals surface area (Å²) in [7, 11) is 0. The average Bonchev–Trinajstić information content (AvgIpc) is 3.07. The summed E-state index contributed by atoms with van der Waals surface area (Å²) in [6, 6.07) is 28.0. The zero-order valence-electron chi connectivity index (χ0n) is 26.5. The second-order valence-corrected chi connectivity index (χ2v) is 13.2. The Bertz CT molecular complexity index is 1720. The van der Waals surface area contributed by atoms with Gasteiger partial charge in [-0.3, -0.25) is 9.80 Å². The van der Waals surface area contributed by atoms with Crippen molar-refractivity contribution in [2.45, 2.75) is 50.3 Å². The lowest BCUT2D eigenvalue weighted by Gasteiger charge is -2.38. The molecule has 0 radical (unpaired) electrons. The maximum Gasteiger partial charge on any atom is 0.417 e. The monoisotopic (exact) mass is 720 g/mol. The van der Waals surface area contributed by atoms with E-state index < -0.39 is 29.1 Å². The Balaban J connectivity index is 0.000000191. The van der Waals surface area contributed by atoms with Crippen molar-refractivity contribution in [1.29, 1.82) is 0 Å². The molecule has 49 heavy (non-hydrogen) atoms. The minimum Gasteiger partial charge on any atom is -0.385 e. The number of alkyl halides is 6. The molecule has 6 rings (SSSR count). The Morgan fingerprint density at radius 3 is 1.65 bits per heavy atom. The molecule has 1 saturated heterocycles. The van der Waals surface area contributed by atoms with Gasteiger partial charge in [0, 0.05) is 39.3 Å². The van der Waals surface area contributed by atoms with E-state index in [-0.39, 0.29) is 15.6 Å². The van der Waals surface area contributed by atoms with Crippen LogP contribution in [0, 0.1) is 0 Å². The molecule has 0 amide bonds. The molecule has 0 spiro atoms. The van der Waals surface area contributed by atoms with Crippen molar-refractivity contribution in [1.82, 2.24) is 9.80 Å². The third-order valence-corrected chi connectivity index (χ3v) is 9.59. The fraction of sp³-hybridized carbons (Fsp3) is 0.316. The molecule has 1 fully saturated rings. The van der Waals surface area contributed by atoms with Gasteiger partial charge in [0.05, 0.1) is 26.8 Å². The molecule has 2 aliphatic heterocycles. The van der Waals surface area contributed by atoms with Gasteiger partial charge >= 0.3 is 12.4 Å². The Kier molecular flexibility index (Phi) is 11.8. The highest BCUT2D eigenvalue weighted by Gasteiger charge is 2.38. The summed E-state index contributed by atoms with van der Waals surface area (Å²) >= 11 is 11.4. The molecule has 3 nitrogen and oxygen atoms in total. The van der Waals surface area contributed by atoms with E-state index in [1.54, 1.807) is 6.07 Å². The van der Waals surface area contributed by atoms with Crippen LogP contribution in [0.1, 0.15) is 52.6 Å². The highest BCUT2D eigenvalue weighted by molar-refractivity contribution is 6.31. The van der Waals surface area contributed by atoms with Crippen LogP contribution in [0.5, 0.6) is 0 Å². The van der Waals surface area contributed by atoms with Gasteiger partial charge in [-0.25, -0.2) is 0 Å². The number of aliphatic hydroxyl groups is 1. The fourth-order valence-electron chi connectivity index (χ4n) is 6.14. The van der Waals surface area contributed by atoms with Crippen molar-refractivity contribution in [2.75, 3.05) is 26.2 Å².